The fourth-order valence-corrected chi connectivity index (χ4v) is 2.50. The Bertz CT molecular complexity index is 646. The van der Waals surface area contributed by atoms with Crippen molar-refractivity contribution in [1.82, 2.24) is 20.2 Å². The summed E-state index contributed by atoms with van der Waals surface area (Å²) >= 11 is 6.20. The van der Waals surface area contributed by atoms with Crippen LogP contribution in [0, 0.1) is 6.92 Å². The van der Waals surface area contributed by atoms with E-state index in [4.69, 9.17) is 23.1 Å². The normalized spacial score (nSPS) is 17.0. The van der Waals surface area contributed by atoms with Gasteiger partial charge in [-0.1, -0.05) is 11.6 Å². The van der Waals surface area contributed by atoms with Gasteiger partial charge in [-0.15, -0.1) is 24.8 Å². The number of hydrogen-bond acceptors (Lipinski definition) is 6. The molecule has 5 N–H and O–H groups in total. The first-order chi connectivity index (χ1) is 9.54. The minimum Gasteiger partial charge on any atom is -0.368 e. The van der Waals surface area contributed by atoms with Gasteiger partial charge in [-0.2, -0.15) is 10.1 Å². The highest BCUT2D eigenvalue weighted by molar-refractivity contribution is 6.33. The molecule has 1 fully saturated rings. The van der Waals surface area contributed by atoms with Crippen LogP contribution in [0.25, 0.3) is 11.4 Å². The second-order valence-corrected chi connectivity index (χ2v) is 5.35. The molecule has 0 amide bonds. The zero-order chi connectivity index (χ0) is 14.3. The number of hydrogen-bond donors (Lipinski definition) is 3. The molecular formula is C12H18Cl3N7. The van der Waals surface area contributed by atoms with Gasteiger partial charge >= 0.3 is 0 Å². The molecule has 2 aromatic heterocycles. The minimum absolute atomic E-state index is 0. The third-order valence-corrected chi connectivity index (χ3v) is 3.86. The summed E-state index contributed by atoms with van der Waals surface area (Å²) < 4.78 is 0. The van der Waals surface area contributed by atoms with Crippen molar-refractivity contribution >= 4 is 48.2 Å². The van der Waals surface area contributed by atoms with Crippen molar-refractivity contribution in [1.29, 1.82) is 0 Å². The second-order valence-electron chi connectivity index (χ2n) is 4.98. The van der Waals surface area contributed by atoms with E-state index in [2.05, 4.69) is 25.1 Å². The summed E-state index contributed by atoms with van der Waals surface area (Å²) in [6, 6.07) is 2.02. The molecule has 1 aliphatic rings. The van der Waals surface area contributed by atoms with Crippen molar-refractivity contribution in [3.05, 3.63) is 16.8 Å². The number of nitrogens with two attached hydrogens (primary N) is 2. The van der Waals surface area contributed by atoms with Crippen LogP contribution in [0.2, 0.25) is 5.02 Å². The van der Waals surface area contributed by atoms with E-state index in [-0.39, 0.29) is 36.8 Å². The Morgan fingerprint density at radius 2 is 2.09 bits per heavy atom. The van der Waals surface area contributed by atoms with E-state index in [1.807, 2.05) is 13.0 Å². The van der Waals surface area contributed by atoms with Crippen LogP contribution in [-0.4, -0.2) is 39.3 Å². The largest absolute Gasteiger partial charge is 0.368 e. The number of anilines is 2. The van der Waals surface area contributed by atoms with Gasteiger partial charge in [0.05, 0.1) is 16.4 Å². The van der Waals surface area contributed by atoms with E-state index in [0.717, 1.165) is 31.0 Å². The molecule has 2 aromatic rings. The van der Waals surface area contributed by atoms with Crippen LogP contribution in [0.15, 0.2) is 6.07 Å². The molecule has 0 bridgehead atoms. The lowest BCUT2D eigenvalue weighted by Gasteiger charge is -2.17. The molecule has 0 radical (unpaired) electrons. The maximum absolute atomic E-state index is 6.20. The molecule has 0 aromatic carbocycles. The lowest BCUT2D eigenvalue weighted by molar-refractivity contribution is 0.751. The van der Waals surface area contributed by atoms with Crippen LogP contribution in [0.4, 0.5) is 11.8 Å². The Morgan fingerprint density at radius 1 is 1.36 bits per heavy atom. The molecular weight excluding hydrogens is 349 g/mol. The first-order valence-corrected chi connectivity index (χ1v) is 6.78. The number of aromatic nitrogens is 4. The number of nitrogens with one attached hydrogen (secondary N) is 1. The number of nitrogen functional groups attached to an aromatic ring is 1. The average molecular weight is 367 g/mol. The first kappa shape index (κ1) is 18.8. The molecule has 3 rings (SSSR count). The van der Waals surface area contributed by atoms with Crippen LogP contribution < -0.4 is 16.4 Å². The zero-order valence-corrected chi connectivity index (χ0v) is 14.3. The van der Waals surface area contributed by atoms with E-state index in [1.165, 1.54) is 0 Å². The maximum Gasteiger partial charge on any atom is 0.222 e. The minimum atomic E-state index is 0. The average Bonchev–Trinajstić information content (AvgIpc) is 2.97. The van der Waals surface area contributed by atoms with Gasteiger partial charge in [0.2, 0.25) is 5.95 Å². The molecule has 22 heavy (non-hydrogen) atoms. The third kappa shape index (κ3) is 3.55. The molecule has 1 saturated heterocycles. The third-order valence-electron chi connectivity index (χ3n) is 3.39. The van der Waals surface area contributed by atoms with Crippen molar-refractivity contribution in [2.75, 3.05) is 23.7 Å². The second kappa shape index (κ2) is 7.32. The molecule has 0 spiro atoms. The topological polar surface area (TPSA) is 110 Å². The Kier molecular flexibility index (Phi) is 6.25. The maximum atomic E-state index is 6.20. The Hall–Kier alpha value is -1.28. The molecule has 122 valence electrons. The molecule has 7 nitrogen and oxygen atoms in total. The highest BCUT2D eigenvalue weighted by atomic mass is 35.5. The quantitative estimate of drug-likeness (QED) is 0.747. The summed E-state index contributed by atoms with van der Waals surface area (Å²) in [7, 11) is 0. The summed E-state index contributed by atoms with van der Waals surface area (Å²) in [6.45, 7) is 3.48. The molecule has 0 saturated carbocycles. The first-order valence-electron chi connectivity index (χ1n) is 6.40. The molecule has 0 aliphatic carbocycles. The van der Waals surface area contributed by atoms with Crippen LogP contribution >= 0.6 is 36.4 Å². The van der Waals surface area contributed by atoms with Gasteiger partial charge in [0, 0.05) is 25.2 Å². The van der Waals surface area contributed by atoms with Gasteiger partial charge < -0.3 is 16.4 Å². The van der Waals surface area contributed by atoms with E-state index in [0.29, 0.717) is 16.4 Å². The van der Waals surface area contributed by atoms with Gasteiger partial charge in [0.1, 0.15) is 11.5 Å². The number of rotatable bonds is 2. The van der Waals surface area contributed by atoms with E-state index < -0.39 is 0 Å². The number of H-pyrrole nitrogens is 1. The van der Waals surface area contributed by atoms with Crippen molar-refractivity contribution in [2.24, 2.45) is 5.73 Å². The van der Waals surface area contributed by atoms with Crippen LogP contribution in [-0.2, 0) is 0 Å². The fourth-order valence-electron chi connectivity index (χ4n) is 2.32. The summed E-state index contributed by atoms with van der Waals surface area (Å²) in [5.74, 6) is 0.965. The van der Waals surface area contributed by atoms with Crippen LogP contribution in [0.5, 0.6) is 0 Å². The molecule has 0 unspecified atom stereocenters. The number of nitrogens with zero attached hydrogens (tertiary/aromatic N) is 4. The van der Waals surface area contributed by atoms with Gasteiger partial charge in [-0.25, -0.2) is 4.98 Å². The number of aromatic amines is 1. The van der Waals surface area contributed by atoms with E-state index >= 15 is 0 Å². The van der Waals surface area contributed by atoms with Crippen LogP contribution in [0.1, 0.15) is 12.1 Å². The smallest absolute Gasteiger partial charge is 0.222 e. The van der Waals surface area contributed by atoms with E-state index in [9.17, 15) is 0 Å². The number of aryl methyl sites for hydroxylation is 1. The predicted octanol–water partition coefficient (Wildman–Crippen LogP) is 1.79. The molecule has 1 aliphatic heterocycles. The highest BCUT2D eigenvalue weighted by Crippen LogP contribution is 2.29. The number of halogens is 3. The summed E-state index contributed by atoms with van der Waals surface area (Å²) in [5.41, 5.74) is 13.7. The van der Waals surface area contributed by atoms with Gasteiger partial charge in [0.25, 0.3) is 0 Å². The molecule has 10 heteroatoms. The van der Waals surface area contributed by atoms with Gasteiger partial charge in [-0.05, 0) is 13.3 Å². The lowest BCUT2D eigenvalue weighted by Crippen LogP contribution is -2.27. The monoisotopic (exact) mass is 365 g/mol. The predicted molar refractivity (Wildman–Crippen MR) is 93.1 cm³/mol. The zero-order valence-electron chi connectivity index (χ0n) is 11.9. The molecule has 1 atom stereocenters. The Morgan fingerprint density at radius 3 is 2.64 bits per heavy atom. The summed E-state index contributed by atoms with van der Waals surface area (Å²) in [5, 5.41) is 7.55. The van der Waals surface area contributed by atoms with Crippen molar-refractivity contribution in [3.63, 3.8) is 0 Å². The van der Waals surface area contributed by atoms with Crippen molar-refractivity contribution in [2.45, 2.75) is 19.4 Å². The fraction of sp³-hybridized carbons (Fsp3) is 0.417. The van der Waals surface area contributed by atoms with Gasteiger partial charge in [0.15, 0.2) is 0 Å². The van der Waals surface area contributed by atoms with Crippen molar-refractivity contribution in [3.8, 4) is 11.4 Å². The summed E-state index contributed by atoms with van der Waals surface area (Å²) in [6.07, 6.45) is 0.946. The highest BCUT2D eigenvalue weighted by Gasteiger charge is 2.22. The Balaban J connectivity index is 0.00000121. The standard InChI is InChI=1S/C12H16ClN7.2ClH/c1-6-10(13)11(19-18-6)8-4-9(17-12(15)16-8)20-3-2-7(14)5-20;;/h4,7H,2-3,5,14H2,1H3,(H,18,19)(H2,15,16,17);2*1H/t7-;;/m1../s1. The molecule has 3 heterocycles. The van der Waals surface area contributed by atoms with Crippen molar-refractivity contribution < 1.29 is 0 Å². The Labute approximate surface area is 145 Å². The van der Waals surface area contributed by atoms with Gasteiger partial charge in [-0.3, -0.25) is 5.10 Å². The van der Waals surface area contributed by atoms with E-state index in [1.54, 1.807) is 0 Å². The summed E-state index contributed by atoms with van der Waals surface area (Å²) in [4.78, 5) is 10.6. The van der Waals surface area contributed by atoms with Crippen LogP contribution in [0.3, 0.4) is 0 Å². The SMILES string of the molecule is Cc1[nH]nc(-c2cc(N3CC[C@@H](N)C3)nc(N)n2)c1Cl.Cl.Cl. The lowest BCUT2D eigenvalue weighted by atomic mass is 10.2.